The smallest absolute Gasteiger partial charge is 0.272 e. The fourth-order valence-electron chi connectivity index (χ4n) is 2.35. The van der Waals surface area contributed by atoms with Gasteiger partial charge in [0, 0.05) is 27.3 Å². The average Bonchev–Trinajstić information content (AvgIpc) is 3.13. The molecular formula is C16H14Cl2N2OS. The molecule has 0 aliphatic rings. The molecule has 0 aliphatic carbocycles. The van der Waals surface area contributed by atoms with Gasteiger partial charge in [0.15, 0.2) is 0 Å². The summed E-state index contributed by atoms with van der Waals surface area (Å²) in [7, 11) is 0. The molecule has 114 valence electrons. The van der Waals surface area contributed by atoms with Gasteiger partial charge in [-0.2, -0.15) is 0 Å². The van der Waals surface area contributed by atoms with Crippen LogP contribution in [-0.4, -0.2) is 22.3 Å². The van der Waals surface area contributed by atoms with Crippen LogP contribution in [0.4, 0.5) is 0 Å². The molecule has 22 heavy (non-hydrogen) atoms. The number of fused-ring (bicyclic) bond motifs is 1. The van der Waals surface area contributed by atoms with E-state index in [0.717, 1.165) is 15.8 Å². The molecule has 1 N–H and O–H groups in total. The zero-order valence-corrected chi connectivity index (χ0v) is 14.2. The summed E-state index contributed by atoms with van der Waals surface area (Å²) in [5, 5.41) is 3.79. The van der Waals surface area contributed by atoms with Crippen LogP contribution >= 0.6 is 34.5 Å². The number of amides is 1. The SMILES string of the molecule is CCN(Cc1cccs1)C(=O)c1[nH]c2ccc(Cl)cc2c1Cl. The first-order valence-corrected chi connectivity index (χ1v) is 8.52. The molecule has 0 spiro atoms. The molecule has 6 heteroatoms. The molecule has 2 aromatic heterocycles. The molecule has 0 saturated heterocycles. The van der Waals surface area contributed by atoms with Gasteiger partial charge in [-0.3, -0.25) is 4.79 Å². The molecule has 3 aromatic rings. The number of rotatable bonds is 4. The van der Waals surface area contributed by atoms with Crippen molar-refractivity contribution < 1.29 is 4.79 Å². The van der Waals surface area contributed by atoms with Crippen molar-refractivity contribution in [1.82, 2.24) is 9.88 Å². The molecule has 0 radical (unpaired) electrons. The number of aromatic amines is 1. The van der Waals surface area contributed by atoms with E-state index < -0.39 is 0 Å². The van der Waals surface area contributed by atoms with Crippen LogP contribution in [-0.2, 0) is 6.54 Å². The highest BCUT2D eigenvalue weighted by Crippen LogP contribution is 2.30. The van der Waals surface area contributed by atoms with E-state index in [9.17, 15) is 4.79 Å². The number of aromatic nitrogens is 1. The van der Waals surface area contributed by atoms with Gasteiger partial charge in [-0.25, -0.2) is 0 Å². The van der Waals surface area contributed by atoms with Crippen LogP contribution in [0, 0.1) is 0 Å². The molecule has 1 amide bonds. The van der Waals surface area contributed by atoms with E-state index in [-0.39, 0.29) is 5.91 Å². The van der Waals surface area contributed by atoms with E-state index in [1.165, 1.54) is 0 Å². The Kier molecular flexibility index (Phi) is 4.43. The summed E-state index contributed by atoms with van der Waals surface area (Å²) >= 11 is 14.0. The lowest BCUT2D eigenvalue weighted by Crippen LogP contribution is -2.30. The first-order valence-electron chi connectivity index (χ1n) is 6.88. The molecule has 0 saturated carbocycles. The first-order chi connectivity index (χ1) is 10.6. The molecular weight excluding hydrogens is 339 g/mol. The Labute approximate surface area is 142 Å². The zero-order chi connectivity index (χ0) is 15.7. The lowest BCUT2D eigenvalue weighted by Gasteiger charge is -2.19. The van der Waals surface area contributed by atoms with Gasteiger partial charge >= 0.3 is 0 Å². The van der Waals surface area contributed by atoms with Crippen molar-refractivity contribution in [3.8, 4) is 0 Å². The van der Waals surface area contributed by atoms with E-state index in [4.69, 9.17) is 23.2 Å². The zero-order valence-electron chi connectivity index (χ0n) is 11.9. The van der Waals surface area contributed by atoms with Crippen LogP contribution in [0.3, 0.4) is 0 Å². The fraction of sp³-hybridized carbons (Fsp3) is 0.188. The molecule has 2 heterocycles. The Morgan fingerprint density at radius 1 is 1.32 bits per heavy atom. The Bertz CT molecular complexity index is 811. The number of carbonyl (C=O) groups excluding carboxylic acids is 1. The van der Waals surface area contributed by atoms with Crippen LogP contribution in [0.1, 0.15) is 22.3 Å². The monoisotopic (exact) mass is 352 g/mol. The Morgan fingerprint density at radius 2 is 2.14 bits per heavy atom. The second kappa shape index (κ2) is 6.32. The van der Waals surface area contributed by atoms with Crippen molar-refractivity contribution >= 4 is 51.3 Å². The lowest BCUT2D eigenvalue weighted by atomic mass is 10.2. The molecule has 0 unspecified atom stereocenters. The second-order valence-electron chi connectivity index (χ2n) is 4.90. The van der Waals surface area contributed by atoms with Gasteiger partial charge in [0.2, 0.25) is 0 Å². The largest absolute Gasteiger partial charge is 0.349 e. The number of nitrogens with zero attached hydrogens (tertiary/aromatic N) is 1. The second-order valence-corrected chi connectivity index (χ2v) is 6.75. The summed E-state index contributed by atoms with van der Waals surface area (Å²) < 4.78 is 0. The summed E-state index contributed by atoms with van der Waals surface area (Å²) in [5.41, 5.74) is 1.22. The topological polar surface area (TPSA) is 36.1 Å². The number of benzene rings is 1. The van der Waals surface area contributed by atoms with Gasteiger partial charge in [-0.1, -0.05) is 29.3 Å². The predicted octanol–water partition coefficient (Wildman–Crippen LogP) is 5.20. The van der Waals surface area contributed by atoms with Crippen molar-refractivity contribution in [2.75, 3.05) is 6.54 Å². The first kappa shape index (κ1) is 15.4. The van der Waals surface area contributed by atoms with Crippen LogP contribution < -0.4 is 0 Å². The lowest BCUT2D eigenvalue weighted by molar-refractivity contribution is 0.0749. The van der Waals surface area contributed by atoms with Gasteiger partial charge in [0.05, 0.1) is 11.6 Å². The standard InChI is InChI=1S/C16H14Cl2N2OS/c1-2-20(9-11-4-3-7-22-11)16(21)15-14(18)12-8-10(17)5-6-13(12)19-15/h3-8,19H,2,9H2,1H3. The molecule has 1 aromatic carbocycles. The maximum absolute atomic E-state index is 12.8. The predicted molar refractivity (Wildman–Crippen MR) is 93.1 cm³/mol. The molecule has 3 nitrogen and oxygen atoms in total. The number of hydrogen-bond acceptors (Lipinski definition) is 2. The number of nitrogens with one attached hydrogen (secondary N) is 1. The van der Waals surface area contributed by atoms with Crippen LogP contribution in [0.5, 0.6) is 0 Å². The summed E-state index contributed by atoms with van der Waals surface area (Å²) in [6.45, 7) is 3.15. The van der Waals surface area contributed by atoms with Crippen molar-refractivity contribution in [1.29, 1.82) is 0 Å². The van der Waals surface area contributed by atoms with Gasteiger partial charge in [0.1, 0.15) is 5.69 Å². The molecule has 0 aliphatic heterocycles. The van der Waals surface area contributed by atoms with Gasteiger partial charge in [0.25, 0.3) is 5.91 Å². The third kappa shape index (κ3) is 2.86. The quantitative estimate of drug-likeness (QED) is 0.688. The summed E-state index contributed by atoms with van der Waals surface area (Å²) in [4.78, 5) is 18.8. The Balaban J connectivity index is 1.95. The van der Waals surface area contributed by atoms with Crippen molar-refractivity contribution in [3.63, 3.8) is 0 Å². The van der Waals surface area contributed by atoms with Crippen LogP contribution in [0.15, 0.2) is 35.7 Å². The summed E-state index contributed by atoms with van der Waals surface area (Å²) in [5.74, 6) is -0.103. The maximum Gasteiger partial charge on any atom is 0.272 e. The molecule has 0 bridgehead atoms. The summed E-state index contributed by atoms with van der Waals surface area (Å²) in [6, 6.07) is 9.37. The highest BCUT2D eigenvalue weighted by atomic mass is 35.5. The Hall–Kier alpha value is -1.49. The number of thiophene rings is 1. The molecule has 0 fully saturated rings. The third-order valence-corrected chi connectivity index (χ3v) is 5.00. The maximum atomic E-state index is 12.8. The van der Waals surface area contributed by atoms with E-state index in [1.807, 2.05) is 30.5 Å². The Morgan fingerprint density at radius 3 is 2.82 bits per heavy atom. The fourth-order valence-corrected chi connectivity index (χ4v) is 3.53. The van der Waals surface area contributed by atoms with E-state index >= 15 is 0 Å². The van der Waals surface area contributed by atoms with E-state index in [1.54, 1.807) is 28.4 Å². The van der Waals surface area contributed by atoms with E-state index in [0.29, 0.717) is 28.8 Å². The minimum atomic E-state index is -0.103. The van der Waals surface area contributed by atoms with Gasteiger partial charge in [-0.05, 0) is 36.6 Å². The highest BCUT2D eigenvalue weighted by molar-refractivity contribution is 7.09. The van der Waals surface area contributed by atoms with Crippen LogP contribution in [0.25, 0.3) is 10.9 Å². The molecule has 0 atom stereocenters. The van der Waals surface area contributed by atoms with Crippen molar-refractivity contribution in [3.05, 3.63) is 56.3 Å². The minimum Gasteiger partial charge on any atom is -0.349 e. The molecule has 3 rings (SSSR count). The number of carbonyl (C=O) groups is 1. The minimum absolute atomic E-state index is 0.103. The average molecular weight is 353 g/mol. The van der Waals surface area contributed by atoms with Gasteiger partial charge in [-0.15, -0.1) is 11.3 Å². The number of hydrogen-bond donors (Lipinski definition) is 1. The highest BCUT2D eigenvalue weighted by Gasteiger charge is 2.21. The number of H-pyrrole nitrogens is 1. The third-order valence-electron chi connectivity index (χ3n) is 3.51. The van der Waals surface area contributed by atoms with Crippen LogP contribution in [0.2, 0.25) is 10.0 Å². The summed E-state index contributed by atoms with van der Waals surface area (Å²) in [6.07, 6.45) is 0. The van der Waals surface area contributed by atoms with E-state index in [2.05, 4.69) is 4.98 Å². The number of halogens is 2. The van der Waals surface area contributed by atoms with Crippen molar-refractivity contribution in [2.45, 2.75) is 13.5 Å². The normalized spacial score (nSPS) is 11.0. The van der Waals surface area contributed by atoms with Gasteiger partial charge < -0.3 is 9.88 Å². The van der Waals surface area contributed by atoms with Crippen molar-refractivity contribution in [2.24, 2.45) is 0 Å².